The second kappa shape index (κ2) is 24.4. The van der Waals surface area contributed by atoms with Crippen LogP contribution in [-0.2, 0) is 41.6 Å². The standard InChI is InChI=1S/C54H67N9O8/c1-38-10-12-39(13-11-38)34-56-54-57-35-44-45(37-62(50(44)59-54)42-6-3-2-4-7-42)41-16-14-40(15-17-41)36-61-23-21-60(22-24-61)25-27-69-29-31-71-33-32-70-30-28-68-26-20-55-46-9-5-8-43-49(46)53(67)63(52(43)66)47-18-19-48(64)58-51(47)65/h5,8-17,35,37,42,47,55H,2-4,6-7,18-34,36H2,1H3,(H,56,57,59)(H,58,64,65). The van der Waals surface area contributed by atoms with E-state index in [1.807, 2.05) is 6.20 Å². The van der Waals surface area contributed by atoms with E-state index in [0.717, 1.165) is 55.2 Å². The van der Waals surface area contributed by atoms with Gasteiger partial charge in [-0.05, 0) is 55.0 Å². The Hall–Kier alpha value is -6.08. The number of piperidine rings is 1. The summed E-state index contributed by atoms with van der Waals surface area (Å²) in [7, 11) is 0. The van der Waals surface area contributed by atoms with E-state index >= 15 is 0 Å². The van der Waals surface area contributed by atoms with Crippen molar-refractivity contribution >= 4 is 46.3 Å². The highest BCUT2D eigenvalue weighted by Crippen LogP contribution is 2.37. The van der Waals surface area contributed by atoms with Gasteiger partial charge in [0.1, 0.15) is 11.7 Å². The zero-order valence-electron chi connectivity index (χ0n) is 40.9. The molecule has 5 aromatic rings. The number of hydrogen-bond donors (Lipinski definition) is 3. The van der Waals surface area contributed by atoms with Crippen LogP contribution in [0.2, 0.25) is 0 Å². The molecular weight excluding hydrogens is 903 g/mol. The van der Waals surface area contributed by atoms with Crippen LogP contribution >= 0.6 is 0 Å². The summed E-state index contributed by atoms with van der Waals surface area (Å²) in [6, 6.07) is 22.1. The number of nitrogens with one attached hydrogen (secondary N) is 3. The van der Waals surface area contributed by atoms with E-state index in [9.17, 15) is 19.2 Å². The first-order valence-corrected chi connectivity index (χ1v) is 25.4. The molecule has 0 bridgehead atoms. The van der Waals surface area contributed by atoms with Crippen LogP contribution in [0.4, 0.5) is 11.6 Å². The highest BCUT2D eigenvalue weighted by Gasteiger charge is 2.45. The van der Waals surface area contributed by atoms with Crippen molar-refractivity contribution in [2.45, 2.75) is 77.0 Å². The molecule has 4 aliphatic rings. The number of aryl methyl sites for hydroxylation is 1. The summed E-state index contributed by atoms with van der Waals surface area (Å²) < 4.78 is 25.3. The van der Waals surface area contributed by atoms with E-state index in [1.54, 1.807) is 18.2 Å². The van der Waals surface area contributed by atoms with Crippen LogP contribution in [-0.4, -0.2) is 151 Å². The number of anilines is 2. The van der Waals surface area contributed by atoms with Crippen LogP contribution in [0.3, 0.4) is 0 Å². The largest absolute Gasteiger partial charge is 0.382 e. The Morgan fingerprint density at radius 3 is 2.08 bits per heavy atom. The van der Waals surface area contributed by atoms with Crippen LogP contribution in [0.25, 0.3) is 22.2 Å². The third-order valence-corrected chi connectivity index (χ3v) is 13.9. The van der Waals surface area contributed by atoms with Crippen LogP contribution in [0.15, 0.2) is 79.1 Å². The smallest absolute Gasteiger partial charge is 0.264 e. The molecular formula is C54H67N9O8. The van der Waals surface area contributed by atoms with Gasteiger partial charge in [0.15, 0.2) is 0 Å². The van der Waals surface area contributed by atoms with Crippen molar-refractivity contribution in [1.82, 2.24) is 34.6 Å². The first-order chi connectivity index (χ1) is 34.8. The third-order valence-electron chi connectivity index (χ3n) is 13.9. The zero-order valence-corrected chi connectivity index (χ0v) is 40.9. The third kappa shape index (κ3) is 12.7. The number of rotatable bonds is 24. The average Bonchev–Trinajstić information content (AvgIpc) is 3.89. The molecule has 71 heavy (non-hydrogen) atoms. The van der Waals surface area contributed by atoms with Gasteiger partial charge in [-0.15, -0.1) is 0 Å². The van der Waals surface area contributed by atoms with Crippen molar-refractivity contribution < 1.29 is 38.1 Å². The van der Waals surface area contributed by atoms with Crippen molar-refractivity contribution in [1.29, 1.82) is 0 Å². The summed E-state index contributed by atoms with van der Waals surface area (Å²) in [6.07, 6.45) is 10.7. The number of fused-ring (bicyclic) bond motifs is 2. The van der Waals surface area contributed by atoms with E-state index in [4.69, 9.17) is 28.9 Å². The number of ether oxygens (including phenoxy) is 4. The topological polar surface area (TPSA) is 182 Å². The summed E-state index contributed by atoms with van der Waals surface area (Å²) in [4.78, 5) is 66.1. The average molecular weight is 970 g/mol. The van der Waals surface area contributed by atoms with Crippen molar-refractivity contribution in [3.05, 3.63) is 107 Å². The first kappa shape index (κ1) is 49.9. The summed E-state index contributed by atoms with van der Waals surface area (Å²) in [5.74, 6) is -1.47. The van der Waals surface area contributed by atoms with Gasteiger partial charge in [-0.25, -0.2) is 4.98 Å². The number of carbonyl (C=O) groups is 4. The molecule has 17 heteroatoms. The second-order valence-corrected chi connectivity index (χ2v) is 18.9. The lowest BCUT2D eigenvalue weighted by molar-refractivity contribution is -0.136. The molecule has 9 rings (SSSR count). The van der Waals surface area contributed by atoms with E-state index in [2.05, 4.69) is 92.0 Å². The second-order valence-electron chi connectivity index (χ2n) is 18.9. The fourth-order valence-corrected chi connectivity index (χ4v) is 9.96. The van der Waals surface area contributed by atoms with Gasteiger partial charge in [-0.3, -0.25) is 39.2 Å². The minimum absolute atomic E-state index is 0.0703. The van der Waals surface area contributed by atoms with E-state index < -0.39 is 29.7 Å². The molecule has 5 heterocycles. The Bertz CT molecular complexity index is 2610. The van der Waals surface area contributed by atoms with Crippen molar-refractivity contribution in [3.8, 4) is 11.1 Å². The molecule has 3 fully saturated rings. The number of amides is 4. The van der Waals surface area contributed by atoms with Crippen LogP contribution in [0.1, 0.15) is 88.4 Å². The van der Waals surface area contributed by atoms with Gasteiger partial charge in [0, 0.05) is 93.9 Å². The van der Waals surface area contributed by atoms with Gasteiger partial charge >= 0.3 is 0 Å². The molecule has 3 aromatic carbocycles. The molecule has 2 aromatic heterocycles. The van der Waals surface area contributed by atoms with Gasteiger partial charge in [-0.1, -0.05) is 79.4 Å². The van der Waals surface area contributed by atoms with Crippen LogP contribution < -0.4 is 16.0 Å². The zero-order chi connectivity index (χ0) is 48.9. The number of carbonyl (C=O) groups excluding carboxylic acids is 4. The maximum atomic E-state index is 13.3. The normalized spacial score (nSPS) is 18.1. The molecule has 4 amide bonds. The van der Waals surface area contributed by atoms with Gasteiger partial charge in [-0.2, -0.15) is 4.98 Å². The minimum atomic E-state index is -1.01. The van der Waals surface area contributed by atoms with E-state index in [-0.39, 0.29) is 24.0 Å². The summed E-state index contributed by atoms with van der Waals surface area (Å²) in [5, 5.41) is 9.95. The number of nitrogens with zero attached hydrogens (tertiary/aromatic N) is 6. The fraction of sp³-hybridized carbons (Fsp3) is 0.481. The maximum absolute atomic E-state index is 13.3. The Labute approximate surface area is 415 Å². The van der Waals surface area contributed by atoms with Crippen LogP contribution in [0, 0.1) is 6.92 Å². The maximum Gasteiger partial charge on any atom is 0.264 e. The molecule has 3 N–H and O–H groups in total. The lowest BCUT2D eigenvalue weighted by atomic mass is 9.95. The van der Waals surface area contributed by atoms with E-state index in [1.165, 1.54) is 59.9 Å². The highest BCUT2D eigenvalue weighted by atomic mass is 16.6. The molecule has 3 aliphatic heterocycles. The molecule has 376 valence electrons. The van der Waals surface area contributed by atoms with Gasteiger partial charge in [0.05, 0.1) is 64.0 Å². The lowest BCUT2D eigenvalue weighted by Gasteiger charge is -2.34. The number of hydrogen-bond acceptors (Lipinski definition) is 14. The Morgan fingerprint density at radius 2 is 1.37 bits per heavy atom. The lowest BCUT2D eigenvalue weighted by Crippen LogP contribution is -2.54. The molecule has 1 saturated carbocycles. The Balaban J connectivity index is 0.611. The number of benzene rings is 3. The summed E-state index contributed by atoms with van der Waals surface area (Å²) >= 11 is 0. The molecule has 0 spiro atoms. The number of imide groups is 2. The number of piperazine rings is 1. The summed E-state index contributed by atoms with van der Waals surface area (Å²) in [5.41, 5.74) is 8.13. The highest BCUT2D eigenvalue weighted by molar-refractivity contribution is 6.25. The van der Waals surface area contributed by atoms with Crippen molar-refractivity contribution in [3.63, 3.8) is 0 Å². The molecule has 1 atom stereocenters. The van der Waals surface area contributed by atoms with Crippen molar-refractivity contribution in [2.75, 3.05) is 103 Å². The Morgan fingerprint density at radius 1 is 0.690 bits per heavy atom. The molecule has 1 aliphatic carbocycles. The minimum Gasteiger partial charge on any atom is -0.382 e. The fourth-order valence-electron chi connectivity index (χ4n) is 9.96. The first-order valence-electron chi connectivity index (χ1n) is 25.4. The molecule has 2 saturated heterocycles. The van der Waals surface area contributed by atoms with Gasteiger partial charge in [0.2, 0.25) is 17.8 Å². The summed E-state index contributed by atoms with van der Waals surface area (Å²) in [6.45, 7) is 12.9. The molecule has 1 unspecified atom stereocenters. The van der Waals surface area contributed by atoms with Crippen LogP contribution in [0.5, 0.6) is 0 Å². The predicted octanol–water partition coefficient (Wildman–Crippen LogP) is 6.22. The quantitative estimate of drug-likeness (QED) is 0.0468. The monoisotopic (exact) mass is 970 g/mol. The number of aromatic nitrogens is 3. The van der Waals surface area contributed by atoms with Gasteiger partial charge < -0.3 is 34.1 Å². The predicted molar refractivity (Wildman–Crippen MR) is 270 cm³/mol. The molecule has 0 radical (unpaired) electrons. The Kier molecular flexibility index (Phi) is 17.1. The SMILES string of the molecule is Cc1ccc(CNc2ncc3c(-c4ccc(CN5CCN(CCOCCOCCOCCOCCNc6cccc7c6C(=O)N(C6CCC(=O)NC6=O)C7=O)CC5)cc4)cn(C4CCCCC4)c3n2)cc1. The van der Waals surface area contributed by atoms with Crippen molar-refractivity contribution in [2.24, 2.45) is 0 Å². The molecule has 17 nitrogen and oxygen atoms in total. The van der Waals surface area contributed by atoms with Gasteiger partial charge in [0.25, 0.3) is 11.8 Å². The van der Waals surface area contributed by atoms with E-state index in [0.29, 0.717) is 83.6 Å².